The number of ether oxygens (including phenoxy) is 1. The molecule has 0 spiro atoms. The molecule has 0 atom stereocenters. The first-order valence-electron chi connectivity index (χ1n) is 8.80. The second-order valence-electron chi connectivity index (χ2n) is 5.96. The van der Waals surface area contributed by atoms with Crippen molar-refractivity contribution in [2.75, 3.05) is 20.2 Å². The van der Waals surface area contributed by atoms with Crippen molar-refractivity contribution < 1.29 is 23.5 Å². The molecule has 0 bridgehead atoms. The molecule has 0 saturated carbocycles. The molecule has 7 heteroatoms. The maximum atomic E-state index is 12.6. The van der Waals surface area contributed by atoms with Crippen LogP contribution in [0.4, 0.5) is 0 Å². The van der Waals surface area contributed by atoms with Crippen molar-refractivity contribution in [3.05, 3.63) is 60.1 Å². The van der Waals surface area contributed by atoms with Crippen LogP contribution in [0.5, 0.6) is 0 Å². The van der Waals surface area contributed by atoms with Crippen LogP contribution in [-0.4, -0.2) is 42.9 Å². The Morgan fingerprint density at radius 1 is 1.07 bits per heavy atom. The normalized spacial score (nSPS) is 10.3. The first kappa shape index (κ1) is 20.2. The lowest BCUT2D eigenvalue weighted by Crippen LogP contribution is -2.33. The van der Waals surface area contributed by atoms with Crippen LogP contribution in [0.2, 0.25) is 0 Å². The van der Waals surface area contributed by atoms with Gasteiger partial charge in [-0.15, -0.1) is 0 Å². The zero-order valence-corrected chi connectivity index (χ0v) is 15.3. The number of furan rings is 1. The van der Waals surface area contributed by atoms with Gasteiger partial charge in [0.15, 0.2) is 5.76 Å². The Balaban J connectivity index is 1.82. The fourth-order valence-corrected chi connectivity index (χ4v) is 2.52. The zero-order chi connectivity index (χ0) is 19.5. The third-order valence-corrected chi connectivity index (χ3v) is 3.98. The molecule has 0 aliphatic carbocycles. The predicted octanol–water partition coefficient (Wildman–Crippen LogP) is 2.38. The van der Waals surface area contributed by atoms with Crippen LogP contribution in [0.1, 0.15) is 35.4 Å². The van der Waals surface area contributed by atoms with Gasteiger partial charge in [0, 0.05) is 26.1 Å². The van der Waals surface area contributed by atoms with E-state index in [0.29, 0.717) is 26.1 Å². The molecular formula is C20H24N2O5. The van der Waals surface area contributed by atoms with Gasteiger partial charge in [-0.3, -0.25) is 14.4 Å². The van der Waals surface area contributed by atoms with Crippen LogP contribution in [0.15, 0.2) is 53.1 Å². The van der Waals surface area contributed by atoms with Crippen LogP contribution in [-0.2, 0) is 20.9 Å². The van der Waals surface area contributed by atoms with Gasteiger partial charge in [0.25, 0.3) is 5.91 Å². The molecule has 1 N–H and O–H groups in total. The molecular weight excluding hydrogens is 348 g/mol. The second kappa shape index (κ2) is 10.8. The van der Waals surface area contributed by atoms with E-state index in [-0.39, 0.29) is 36.4 Å². The van der Waals surface area contributed by atoms with Crippen molar-refractivity contribution in [3.8, 4) is 0 Å². The van der Waals surface area contributed by atoms with E-state index in [9.17, 15) is 14.4 Å². The van der Waals surface area contributed by atoms with Crippen LogP contribution in [0, 0.1) is 0 Å². The number of nitrogens with one attached hydrogen (secondary N) is 1. The lowest BCUT2D eigenvalue weighted by molar-refractivity contribution is -0.142. The van der Waals surface area contributed by atoms with Gasteiger partial charge in [-0.25, -0.2) is 0 Å². The Morgan fingerprint density at radius 2 is 1.85 bits per heavy atom. The highest BCUT2D eigenvalue weighted by Crippen LogP contribution is 2.08. The lowest BCUT2D eigenvalue weighted by atomic mass is 10.2. The maximum Gasteiger partial charge on any atom is 0.307 e. The van der Waals surface area contributed by atoms with E-state index in [2.05, 4.69) is 10.1 Å². The van der Waals surface area contributed by atoms with E-state index in [0.717, 1.165) is 5.56 Å². The molecule has 2 aromatic rings. The van der Waals surface area contributed by atoms with Gasteiger partial charge in [0.1, 0.15) is 0 Å². The minimum Gasteiger partial charge on any atom is -0.469 e. The summed E-state index contributed by atoms with van der Waals surface area (Å²) in [5.41, 5.74) is 0.988. The van der Waals surface area contributed by atoms with Crippen molar-refractivity contribution >= 4 is 17.8 Å². The summed E-state index contributed by atoms with van der Waals surface area (Å²) in [4.78, 5) is 37.4. The molecule has 0 aliphatic rings. The topological polar surface area (TPSA) is 88.9 Å². The van der Waals surface area contributed by atoms with E-state index >= 15 is 0 Å². The van der Waals surface area contributed by atoms with Crippen molar-refractivity contribution in [3.63, 3.8) is 0 Å². The molecule has 0 saturated heterocycles. The standard InChI is InChI=1S/C20H24N2O5/c1-26-19(24)11-13-22(15-16-7-3-2-4-8-16)18(23)10-5-12-21-20(25)17-9-6-14-27-17/h2-4,6-9,14H,5,10-13,15H2,1H3,(H,21,25). The molecule has 27 heavy (non-hydrogen) atoms. The fraction of sp³-hybridized carbons (Fsp3) is 0.350. The summed E-state index contributed by atoms with van der Waals surface area (Å²) >= 11 is 0. The monoisotopic (exact) mass is 372 g/mol. The first-order chi connectivity index (χ1) is 13.1. The highest BCUT2D eigenvalue weighted by Gasteiger charge is 2.16. The number of rotatable bonds is 10. The molecule has 1 aromatic carbocycles. The molecule has 2 rings (SSSR count). The Bertz CT molecular complexity index is 728. The maximum absolute atomic E-state index is 12.6. The third-order valence-electron chi connectivity index (χ3n) is 3.98. The summed E-state index contributed by atoms with van der Waals surface area (Å²) in [7, 11) is 1.33. The fourth-order valence-electron chi connectivity index (χ4n) is 2.52. The first-order valence-corrected chi connectivity index (χ1v) is 8.80. The Hall–Kier alpha value is -3.09. The van der Waals surface area contributed by atoms with Gasteiger partial charge in [0.2, 0.25) is 5.91 Å². The van der Waals surface area contributed by atoms with E-state index in [1.165, 1.54) is 13.4 Å². The van der Waals surface area contributed by atoms with E-state index in [4.69, 9.17) is 4.42 Å². The Kier molecular flexibility index (Phi) is 8.09. The van der Waals surface area contributed by atoms with Crippen LogP contribution in [0.25, 0.3) is 0 Å². The molecule has 0 aliphatic heterocycles. The molecule has 1 aromatic heterocycles. The highest BCUT2D eigenvalue weighted by atomic mass is 16.5. The molecule has 1 heterocycles. The number of carbonyl (C=O) groups excluding carboxylic acids is 3. The largest absolute Gasteiger partial charge is 0.469 e. The minimum atomic E-state index is -0.355. The SMILES string of the molecule is COC(=O)CCN(Cc1ccccc1)C(=O)CCCNC(=O)c1ccco1. The third kappa shape index (κ3) is 6.97. The van der Waals surface area contributed by atoms with Crippen molar-refractivity contribution in [1.82, 2.24) is 10.2 Å². The molecule has 2 amide bonds. The van der Waals surface area contributed by atoms with E-state index in [1.807, 2.05) is 30.3 Å². The number of hydrogen-bond acceptors (Lipinski definition) is 5. The molecule has 7 nitrogen and oxygen atoms in total. The van der Waals surface area contributed by atoms with Crippen molar-refractivity contribution in [2.45, 2.75) is 25.8 Å². The second-order valence-corrected chi connectivity index (χ2v) is 5.96. The van der Waals surface area contributed by atoms with Gasteiger partial charge < -0.3 is 19.4 Å². The van der Waals surface area contributed by atoms with Gasteiger partial charge in [-0.2, -0.15) is 0 Å². The minimum absolute atomic E-state index is 0.0741. The van der Waals surface area contributed by atoms with E-state index < -0.39 is 0 Å². The summed E-state index contributed by atoms with van der Waals surface area (Å²) in [6.45, 7) is 1.08. The Labute approximate surface area is 158 Å². The zero-order valence-electron chi connectivity index (χ0n) is 15.3. The molecule has 0 unspecified atom stereocenters. The predicted molar refractivity (Wildman–Crippen MR) is 98.8 cm³/mol. The number of nitrogens with zero attached hydrogens (tertiary/aromatic N) is 1. The number of hydrogen-bond donors (Lipinski definition) is 1. The van der Waals surface area contributed by atoms with Crippen molar-refractivity contribution in [2.24, 2.45) is 0 Å². The number of methoxy groups -OCH3 is 1. The van der Waals surface area contributed by atoms with Gasteiger partial charge >= 0.3 is 5.97 Å². The van der Waals surface area contributed by atoms with Crippen molar-refractivity contribution in [1.29, 1.82) is 0 Å². The average molecular weight is 372 g/mol. The van der Waals surface area contributed by atoms with E-state index in [1.54, 1.807) is 17.0 Å². The molecule has 0 fully saturated rings. The molecule has 144 valence electrons. The summed E-state index contributed by atoms with van der Waals surface area (Å²) < 4.78 is 9.67. The number of benzene rings is 1. The lowest BCUT2D eigenvalue weighted by Gasteiger charge is -2.22. The Morgan fingerprint density at radius 3 is 2.52 bits per heavy atom. The number of amides is 2. The van der Waals surface area contributed by atoms with Crippen LogP contribution >= 0.6 is 0 Å². The van der Waals surface area contributed by atoms with Gasteiger partial charge in [0.05, 0.1) is 19.8 Å². The van der Waals surface area contributed by atoms with Gasteiger partial charge in [-0.05, 0) is 24.1 Å². The average Bonchev–Trinajstić information content (AvgIpc) is 3.23. The number of esters is 1. The van der Waals surface area contributed by atoms with Gasteiger partial charge in [-0.1, -0.05) is 30.3 Å². The molecule has 0 radical (unpaired) electrons. The number of carbonyl (C=O) groups is 3. The summed E-state index contributed by atoms with van der Waals surface area (Å²) in [5, 5.41) is 2.71. The summed E-state index contributed by atoms with van der Waals surface area (Å²) in [5.74, 6) is -0.494. The van der Waals surface area contributed by atoms with Crippen LogP contribution in [0.3, 0.4) is 0 Å². The van der Waals surface area contributed by atoms with Crippen LogP contribution < -0.4 is 5.32 Å². The quantitative estimate of drug-likeness (QED) is 0.511. The highest BCUT2D eigenvalue weighted by molar-refractivity contribution is 5.91. The smallest absolute Gasteiger partial charge is 0.307 e. The summed E-state index contributed by atoms with van der Waals surface area (Å²) in [6.07, 6.45) is 2.34. The summed E-state index contributed by atoms with van der Waals surface area (Å²) in [6, 6.07) is 12.8.